The molecule has 0 aliphatic carbocycles. The third-order valence-electron chi connectivity index (χ3n) is 6.24. The van der Waals surface area contributed by atoms with E-state index in [1.807, 2.05) is 38.1 Å². The Bertz CT molecular complexity index is 994. The van der Waals surface area contributed by atoms with Crippen LogP contribution in [0.5, 0.6) is 5.75 Å². The summed E-state index contributed by atoms with van der Waals surface area (Å²) in [5.41, 5.74) is 2.44. The molecule has 2 aromatic carbocycles. The van der Waals surface area contributed by atoms with Crippen molar-refractivity contribution in [2.24, 2.45) is 11.8 Å². The van der Waals surface area contributed by atoms with Crippen LogP contribution in [0.2, 0.25) is 0 Å². The zero-order valence-electron chi connectivity index (χ0n) is 19.8. The number of hydrogen-bond acceptors (Lipinski definition) is 5. The molecule has 0 spiro atoms. The van der Waals surface area contributed by atoms with E-state index in [9.17, 15) is 14.0 Å². The second-order valence-corrected chi connectivity index (χ2v) is 8.68. The van der Waals surface area contributed by atoms with Crippen molar-refractivity contribution in [3.63, 3.8) is 0 Å². The molecule has 1 aliphatic heterocycles. The lowest BCUT2D eigenvalue weighted by Crippen LogP contribution is -2.52. The minimum Gasteiger partial charge on any atom is -0.461 e. The summed E-state index contributed by atoms with van der Waals surface area (Å²) in [5.74, 6) is -0.0804. The Morgan fingerprint density at radius 2 is 1.82 bits per heavy atom. The van der Waals surface area contributed by atoms with Crippen LogP contribution in [0.1, 0.15) is 40.2 Å². The fourth-order valence-corrected chi connectivity index (χ4v) is 4.12. The van der Waals surface area contributed by atoms with Gasteiger partial charge in [0.25, 0.3) is 0 Å². The number of nitrogens with one attached hydrogen (secondary N) is 1. The molecule has 2 aromatic rings. The fraction of sp³-hybridized carbons (Fsp3) is 0.462. The molecular formula is C26H32FNO5. The second-order valence-electron chi connectivity index (χ2n) is 8.68. The van der Waals surface area contributed by atoms with Gasteiger partial charge in [-0.25, -0.2) is 4.39 Å². The minimum absolute atomic E-state index is 0.0438. The van der Waals surface area contributed by atoms with Crippen molar-refractivity contribution in [3.8, 4) is 16.9 Å². The number of ether oxygens (including phenoxy) is 3. The first-order valence-corrected chi connectivity index (χ1v) is 11.3. The average molecular weight is 458 g/mol. The van der Waals surface area contributed by atoms with Gasteiger partial charge < -0.3 is 19.5 Å². The monoisotopic (exact) mass is 457 g/mol. The van der Waals surface area contributed by atoms with Crippen molar-refractivity contribution in [2.75, 3.05) is 6.54 Å². The quantitative estimate of drug-likeness (QED) is 0.620. The summed E-state index contributed by atoms with van der Waals surface area (Å²) in [5, 5.41) is 2.79. The lowest BCUT2D eigenvalue weighted by atomic mass is 9.84. The number of rotatable bonds is 7. The maximum Gasteiger partial charge on any atom is 0.303 e. The molecule has 0 saturated carbocycles. The molecule has 1 amide bonds. The van der Waals surface area contributed by atoms with Crippen LogP contribution in [-0.4, -0.2) is 36.9 Å². The summed E-state index contributed by atoms with van der Waals surface area (Å²) in [6.07, 6.45) is -0.810. The van der Waals surface area contributed by atoms with Crippen LogP contribution < -0.4 is 10.1 Å². The maximum absolute atomic E-state index is 14.0. The van der Waals surface area contributed by atoms with Gasteiger partial charge in [0, 0.05) is 26.3 Å². The maximum atomic E-state index is 14.0. The Morgan fingerprint density at radius 1 is 1.06 bits per heavy atom. The van der Waals surface area contributed by atoms with Crippen molar-refractivity contribution in [1.82, 2.24) is 5.32 Å². The van der Waals surface area contributed by atoms with Crippen molar-refractivity contribution in [2.45, 2.75) is 59.5 Å². The Morgan fingerprint density at radius 3 is 2.48 bits per heavy atom. The molecule has 0 bridgehead atoms. The van der Waals surface area contributed by atoms with Gasteiger partial charge in [-0.05, 0) is 60.2 Å². The summed E-state index contributed by atoms with van der Waals surface area (Å²) < 4.78 is 31.8. The average Bonchev–Trinajstić information content (AvgIpc) is 2.75. The van der Waals surface area contributed by atoms with E-state index >= 15 is 0 Å². The Labute approximate surface area is 194 Å². The highest BCUT2D eigenvalue weighted by molar-refractivity contribution is 5.73. The highest BCUT2D eigenvalue weighted by Gasteiger charge is 2.43. The molecule has 5 atom stereocenters. The van der Waals surface area contributed by atoms with Gasteiger partial charge in [-0.3, -0.25) is 9.59 Å². The highest BCUT2D eigenvalue weighted by atomic mass is 19.1. The van der Waals surface area contributed by atoms with Crippen LogP contribution in [-0.2, 0) is 25.5 Å². The smallest absolute Gasteiger partial charge is 0.303 e. The van der Waals surface area contributed by atoms with Crippen LogP contribution in [0.25, 0.3) is 11.1 Å². The predicted molar refractivity (Wildman–Crippen MR) is 123 cm³/mol. The van der Waals surface area contributed by atoms with E-state index in [0.29, 0.717) is 24.3 Å². The molecule has 3 rings (SSSR count). The third-order valence-corrected chi connectivity index (χ3v) is 6.24. The molecule has 0 radical (unpaired) electrons. The molecule has 1 fully saturated rings. The Kier molecular flexibility index (Phi) is 8.08. The van der Waals surface area contributed by atoms with Gasteiger partial charge in [0.15, 0.2) is 6.10 Å². The molecule has 0 aromatic heterocycles. The number of hydrogen-bond donors (Lipinski definition) is 1. The first-order chi connectivity index (χ1) is 15.7. The Balaban J connectivity index is 1.91. The normalized spacial score (nSPS) is 24.7. The van der Waals surface area contributed by atoms with E-state index in [4.69, 9.17) is 14.2 Å². The lowest BCUT2D eigenvalue weighted by Gasteiger charge is -2.42. The second kappa shape index (κ2) is 10.8. The first kappa shape index (κ1) is 24.7. The van der Waals surface area contributed by atoms with E-state index < -0.39 is 12.4 Å². The van der Waals surface area contributed by atoms with Gasteiger partial charge in [-0.1, -0.05) is 32.0 Å². The molecular weight excluding hydrogens is 425 g/mol. The largest absolute Gasteiger partial charge is 0.461 e. The first-order valence-electron chi connectivity index (χ1n) is 11.3. The van der Waals surface area contributed by atoms with E-state index in [-0.39, 0.29) is 35.6 Å². The van der Waals surface area contributed by atoms with Crippen LogP contribution in [0, 0.1) is 17.7 Å². The molecule has 6 nitrogen and oxygen atoms in total. The number of halogens is 1. The van der Waals surface area contributed by atoms with Crippen LogP contribution in [0.4, 0.5) is 4.39 Å². The predicted octanol–water partition coefficient (Wildman–Crippen LogP) is 4.50. The molecule has 178 valence electrons. The van der Waals surface area contributed by atoms with Gasteiger partial charge in [0.05, 0.1) is 6.10 Å². The van der Waals surface area contributed by atoms with E-state index in [1.54, 1.807) is 6.07 Å². The van der Waals surface area contributed by atoms with Gasteiger partial charge in [0.2, 0.25) is 12.2 Å². The minimum atomic E-state index is -0.763. The zero-order chi connectivity index (χ0) is 24.1. The van der Waals surface area contributed by atoms with E-state index in [0.717, 1.165) is 11.1 Å². The summed E-state index contributed by atoms with van der Waals surface area (Å²) in [6.45, 7) is 9.37. The lowest BCUT2D eigenvalue weighted by molar-refractivity contribution is -0.242. The van der Waals surface area contributed by atoms with Crippen molar-refractivity contribution in [3.05, 3.63) is 53.8 Å². The van der Waals surface area contributed by atoms with Crippen LogP contribution in [0.15, 0.2) is 42.5 Å². The summed E-state index contributed by atoms with van der Waals surface area (Å²) in [7, 11) is 0. The SMILES string of the molecule is CC(=O)NCCc1ccc(O[C@@H]2O[C@@H](C)[C@H](C)[C@@H](C)[C@H]2OC(C)=O)cc1-c1cccc(F)c1. The highest BCUT2D eigenvalue weighted by Crippen LogP contribution is 2.35. The number of carbonyl (C=O) groups is 2. The summed E-state index contributed by atoms with van der Waals surface area (Å²) in [4.78, 5) is 23.0. The topological polar surface area (TPSA) is 73.9 Å². The van der Waals surface area contributed by atoms with Crippen molar-refractivity contribution in [1.29, 1.82) is 0 Å². The molecule has 1 aliphatic rings. The molecule has 1 saturated heterocycles. The number of carbonyl (C=O) groups excluding carboxylic acids is 2. The Hall–Kier alpha value is -2.93. The van der Waals surface area contributed by atoms with Crippen molar-refractivity contribution < 1.29 is 28.2 Å². The fourth-order valence-electron chi connectivity index (χ4n) is 4.12. The zero-order valence-corrected chi connectivity index (χ0v) is 19.8. The third kappa shape index (κ3) is 6.32. The number of benzene rings is 2. The molecule has 0 unspecified atom stereocenters. The number of amides is 1. The molecule has 1 heterocycles. The van der Waals surface area contributed by atoms with Gasteiger partial charge in [0.1, 0.15) is 11.6 Å². The summed E-state index contributed by atoms with van der Waals surface area (Å²) >= 11 is 0. The molecule has 33 heavy (non-hydrogen) atoms. The van der Waals surface area contributed by atoms with E-state index in [2.05, 4.69) is 12.2 Å². The molecule has 7 heteroatoms. The number of esters is 1. The summed E-state index contributed by atoms with van der Waals surface area (Å²) in [6, 6.07) is 11.9. The van der Waals surface area contributed by atoms with Gasteiger partial charge >= 0.3 is 5.97 Å². The van der Waals surface area contributed by atoms with Crippen LogP contribution in [0.3, 0.4) is 0 Å². The standard InChI is InChI=1S/C26H32FNO5/c1-15-16(2)25(32-19(5)30)26(31-17(15)3)33-23-10-9-20(11-12-28-18(4)29)24(14-23)21-7-6-8-22(27)13-21/h6-10,13-17,25-26H,11-12H2,1-5H3,(H,28,29)/t15-,16-,17+,25-,26+/m1/s1. The van der Waals surface area contributed by atoms with Crippen molar-refractivity contribution >= 4 is 11.9 Å². The van der Waals surface area contributed by atoms with Gasteiger partial charge in [-0.15, -0.1) is 0 Å². The molecule has 1 N–H and O–H groups in total. The van der Waals surface area contributed by atoms with Crippen LogP contribution >= 0.6 is 0 Å². The van der Waals surface area contributed by atoms with Gasteiger partial charge in [-0.2, -0.15) is 0 Å². The van der Waals surface area contributed by atoms with E-state index in [1.165, 1.54) is 26.0 Å².